The number of furan rings is 1. The molecule has 2 N–H and O–H groups in total. The van der Waals surface area contributed by atoms with Crippen LogP contribution in [-0.2, 0) is 0 Å². The van der Waals surface area contributed by atoms with Gasteiger partial charge in [0.05, 0.1) is 17.3 Å². The Morgan fingerprint density at radius 1 is 1.11 bits per heavy atom. The Kier molecular flexibility index (Phi) is 4.95. The zero-order valence-electron chi connectivity index (χ0n) is 15.3. The molecule has 0 aliphatic heterocycles. The normalized spacial score (nSPS) is 12.9. The molecule has 0 aliphatic rings. The fraction of sp³-hybridized carbons (Fsp3) is 0.238. The molecule has 27 heavy (non-hydrogen) atoms. The summed E-state index contributed by atoms with van der Waals surface area (Å²) >= 11 is 3.50. The molecule has 2 aromatic carbocycles. The smallest absolute Gasteiger partial charge is 0.196 e. The van der Waals surface area contributed by atoms with Crippen LogP contribution in [0.15, 0.2) is 57.4 Å². The molecule has 1 atom stereocenters. The van der Waals surface area contributed by atoms with Crippen molar-refractivity contribution in [2.45, 2.75) is 12.5 Å². The zero-order valence-corrected chi connectivity index (χ0v) is 16.9. The lowest BCUT2D eigenvalue weighted by molar-refractivity contribution is 0.283. The molecule has 0 saturated heterocycles. The van der Waals surface area contributed by atoms with E-state index in [9.17, 15) is 0 Å². The van der Waals surface area contributed by atoms with E-state index in [2.05, 4.69) is 41.0 Å². The third kappa shape index (κ3) is 3.48. The maximum Gasteiger partial charge on any atom is 0.196 e. The summed E-state index contributed by atoms with van der Waals surface area (Å²) < 4.78 is 7.04. The molecule has 1 unspecified atom stereocenters. The summed E-state index contributed by atoms with van der Waals surface area (Å²) in [7, 11) is 4.10. The number of benzene rings is 2. The van der Waals surface area contributed by atoms with Gasteiger partial charge < -0.3 is 15.1 Å². The van der Waals surface area contributed by atoms with Crippen molar-refractivity contribution in [1.82, 2.24) is 14.9 Å². The second kappa shape index (κ2) is 7.38. The highest BCUT2D eigenvalue weighted by atomic mass is 79.9. The van der Waals surface area contributed by atoms with E-state index in [1.807, 2.05) is 42.5 Å². The second-order valence-electron chi connectivity index (χ2n) is 6.80. The van der Waals surface area contributed by atoms with Crippen LogP contribution in [0.1, 0.15) is 18.2 Å². The van der Waals surface area contributed by atoms with Crippen molar-refractivity contribution in [2.24, 2.45) is 5.73 Å². The van der Waals surface area contributed by atoms with Crippen LogP contribution in [0.5, 0.6) is 0 Å². The molecule has 138 valence electrons. The van der Waals surface area contributed by atoms with Crippen molar-refractivity contribution in [1.29, 1.82) is 0 Å². The van der Waals surface area contributed by atoms with Crippen LogP contribution >= 0.6 is 15.9 Å². The maximum atomic E-state index is 6.03. The summed E-state index contributed by atoms with van der Waals surface area (Å²) in [6, 6.07) is 16.1. The third-order valence-electron chi connectivity index (χ3n) is 4.71. The van der Waals surface area contributed by atoms with Crippen LogP contribution in [0.4, 0.5) is 0 Å². The van der Waals surface area contributed by atoms with E-state index in [0.29, 0.717) is 18.1 Å². The SMILES string of the molecule is CN(C)C(CCN)c1nc(-c2cc3cc(Br)ccc3o2)nc2ccccc12. The van der Waals surface area contributed by atoms with Crippen molar-refractivity contribution in [3.63, 3.8) is 0 Å². The van der Waals surface area contributed by atoms with E-state index in [4.69, 9.17) is 20.1 Å². The highest BCUT2D eigenvalue weighted by Gasteiger charge is 2.21. The number of para-hydroxylation sites is 1. The predicted molar refractivity (Wildman–Crippen MR) is 113 cm³/mol. The highest BCUT2D eigenvalue weighted by molar-refractivity contribution is 9.10. The number of nitrogens with two attached hydrogens (primary N) is 1. The minimum atomic E-state index is 0.111. The van der Waals surface area contributed by atoms with Gasteiger partial charge in [0.1, 0.15) is 5.58 Å². The van der Waals surface area contributed by atoms with Crippen molar-refractivity contribution in [3.05, 3.63) is 58.7 Å². The summed E-state index contributed by atoms with van der Waals surface area (Å²) in [5.74, 6) is 1.26. The van der Waals surface area contributed by atoms with Gasteiger partial charge in [-0.2, -0.15) is 0 Å². The van der Waals surface area contributed by atoms with Gasteiger partial charge in [0.25, 0.3) is 0 Å². The largest absolute Gasteiger partial charge is 0.453 e. The van der Waals surface area contributed by atoms with Crippen LogP contribution in [-0.4, -0.2) is 35.5 Å². The first kappa shape index (κ1) is 18.1. The van der Waals surface area contributed by atoms with Crippen LogP contribution in [0, 0.1) is 0 Å². The molecule has 0 bridgehead atoms. The van der Waals surface area contributed by atoms with E-state index >= 15 is 0 Å². The first-order valence-electron chi connectivity index (χ1n) is 8.89. The van der Waals surface area contributed by atoms with Crippen LogP contribution < -0.4 is 5.73 Å². The van der Waals surface area contributed by atoms with Gasteiger partial charge in [-0.1, -0.05) is 34.1 Å². The van der Waals surface area contributed by atoms with E-state index in [-0.39, 0.29) is 6.04 Å². The molecule has 6 heteroatoms. The molecular formula is C21H21BrN4O. The molecule has 2 aromatic heterocycles. The minimum Gasteiger partial charge on any atom is -0.453 e. The van der Waals surface area contributed by atoms with Crippen LogP contribution in [0.25, 0.3) is 33.5 Å². The molecule has 0 amide bonds. The average molecular weight is 425 g/mol. The number of hydrogen-bond donors (Lipinski definition) is 1. The monoisotopic (exact) mass is 424 g/mol. The summed E-state index contributed by atoms with van der Waals surface area (Å²) in [4.78, 5) is 11.8. The number of halogens is 1. The summed E-state index contributed by atoms with van der Waals surface area (Å²) in [5, 5.41) is 2.07. The molecule has 2 heterocycles. The van der Waals surface area contributed by atoms with Crippen molar-refractivity contribution in [2.75, 3.05) is 20.6 Å². The lowest BCUT2D eigenvalue weighted by Gasteiger charge is -2.24. The highest BCUT2D eigenvalue weighted by Crippen LogP contribution is 2.32. The maximum absolute atomic E-state index is 6.03. The Labute approximate surface area is 166 Å². The van der Waals surface area contributed by atoms with E-state index < -0.39 is 0 Å². The number of fused-ring (bicyclic) bond motifs is 2. The Morgan fingerprint density at radius 2 is 1.93 bits per heavy atom. The molecule has 5 nitrogen and oxygen atoms in total. The topological polar surface area (TPSA) is 68.2 Å². The van der Waals surface area contributed by atoms with Gasteiger partial charge in [-0.3, -0.25) is 0 Å². The van der Waals surface area contributed by atoms with Crippen LogP contribution in [0.3, 0.4) is 0 Å². The quantitative estimate of drug-likeness (QED) is 0.500. The molecule has 0 fully saturated rings. The van der Waals surface area contributed by atoms with Gasteiger partial charge in [0.2, 0.25) is 0 Å². The number of hydrogen-bond acceptors (Lipinski definition) is 5. The van der Waals surface area contributed by atoms with E-state index in [1.54, 1.807) is 0 Å². The minimum absolute atomic E-state index is 0.111. The van der Waals surface area contributed by atoms with E-state index in [1.165, 1.54) is 0 Å². The molecule has 0 spiro atoms. The first-order valence-corrected chi connectivity index (χ1v) is 9.69. The van der Waals surface area contributed by atoms with Crippen LogP contribution in [0.2, 0.25) is 0 Å². The predicted octanol–water partition coefficient (Wildman–Crippen LogP) is 4.76. The van der Waals surface area contributed by atoms with Gasteiger partial charge in [-0.05, 0) is 57.4 Å². The average Bonchev–Trinajstić information content (AvgIpc) is 3.08. The van der Waals surface area contributed by atoms with Gasteiger partial charge in [-0.25, -0.2) is 9.97 Å². The van der Waals surface area contributed by atoms with Gasteiger partial charge in [-0.15, -0.1) is 0 Å². The lowest BCUT2D eigenvalue weighted by atomic mass is 10.0. The second-order valence-corrected chi connectivity index (χ2v) is 7.71. The van der Waals surface area contributed by atoms with Crippen molar-refractivity contribution < 1.29 is 4.42 Å². The first-order chi connectivity index (χ1) is 13.1. The third-order valence-corrected chi connectivity index (χ3v) is 5.20. The Morgan fingerprint density at radius 3 is 2.70 bits per heavy atom. The Balaban J connectivity index is 1.92. The molecule has 4 rings (SSSR count). The summed E-state index contributed by atoms with van der Waals surface area (Å²) in [6.45, 7) is 0.592. The van der Waals surface area contributed by atoms with Gasteiger partial charge in [0, 0.05) is 15.2 Å². The molecule has 0 aliphatic carbocycles. The fourth-order valence-electron chi connectivity index (χ4n) is 3.39. The van der Waals surface area contributed by atoms with Gasteiger partial charge in [0.15, 0.2) is 11.6 Å². The molecule has 0 saturated carbocycles. The van der Waals surface area contributed by atoms with Crippen molar-refractivity contribution >= 4 is 37.8 Å². The van der Waals surface area contributed by atoms with Crippen molar-refractivity contribution in [3.8, 4) is 11.6 Å². The molecule has 0 radical (unpaired) electrons. The zero-order chi connectivity index (χ0) is 19.0. The standard InChI is InChI=1S/C21H21BrN4O/c1-26(2)17(9-10-23)20-15-5-3-4-6-16(15)24-21(25-20)19-12-13-11-14(22)7-8-18(13)27-19/h3-8,11-12,17H,9-10,23H2,1-2H3. The summed E-state index contributed by atoms with van der Waals surface area (Å²) in [6.07, 6.45) is 0.820. The number of aromatic nitrogens is 2. The van der Waals surface area contributed by atoms with Gasteiger partial charge >= 0.3 is 0 Å². The Bertz CT molecular complexity index is 1110. The lowest BCUT2D eigenvalue weighted by Crippen LogP contribution is -2.24. The molecular weight excluding hydrogens is 404 g/mol. The molecule has 4 aromatic rings. The fourth-order valence-corrected chi connectivity index (χ4v) is 3.77. The van der Waals surface area contributed by atoms with E-state index in [0.717, 1.165) is 38.5 Å². The number of nitrogens with zero attached hydrogens (tertiary/aromatic N) is 3. The number of rotatable bonds is 5. The Hall–Kier alpha value is -2.28. The summed E-state index contributed by atoms with van der Waals surface area (Å²) in [5.41, 5.74) is 8.57.